The smallest absolute Gasteiger partial charge is 0.339 e. The minimum atomic E-state index is -1.12. The van der Waals surface area contributed by atoms with Gasteiger partial charge >= 0.3 is 5.97 Å². The lowest BCUT2D eigenvalue weighted by Crippen LogP contribution is -2.23. The summed E-state index contributed by atoms with van der Waals surface area (Å²) in [6.45, 7) is 0.809. The van der Waals surface area contributed by atoms with E-state index in [1.165, 1.54) is 6.07 Å². The minimum absolute atomic E-state index is 0.0181. The summed E-state index contributed by atoms with van der Waals surface area (Å²) in [4.78, 5) is 14.6. The fourth-order valence-corrected chi connectivity index (χ4v) is 2.60. The molecule has 0 unspecified atom stereocenters. The molecule has 1 saturated carbocycles. The Labute approximate surface area is 116 Å². The predicted octanol–water partition coefficient (Wildman–Crippen LogP) is 2.13. The maximum atomic E-state index is 13.1. The average Bonchev–Trinajstić information content (AvgIpc) is 2.45. The molecule has 0 spiro atoms. The summed E-state index contributed by atoms with van der Waals surface area (Å²) >= 11 is 0. The monoisotopic (exact) mass is 282 g/mol. The molecule has 0 aromatic carbocycles. The number of carboxylic acid groups (broad SMARTS) is 1. The first-order valence-electron chi connectivity index (χ1n) is 6.84. The molecule has 1 aromatic rings. The summed E-state index contributed by atoms with van der Waals surface area (Å²) in [5.74, 6) is -0.940. The van der Waals surface area contributed by atoms with Crippen LogP contribution in [0.25, 0.3) is 0 Å². The molecule has 0 saturated heterocycles. The highest BCUT2D eigenvalue weighted by Crippen LogP contribution is 2.28. The van der Waals surface area contributed by atoms with Gasteiger partial charge in [-0.15, -0.1) is 0 Å². The zero-order chi connectivity index (χ0) is 14.5. The fourth-order valence-electron chi connectivity index (χ4n) is 2.60. The molecule has 0 amide bonds. The molecule has 0 bridgehead atoms. The van der Waals surface area contributed by atoms with Gasteiger partial charge in [-0.3, -0.25) is 0 Å². The second kappa shape index (κ2) is 6.65. The van der Waals surface area contributed by atoms with Crippen LogP contribution in [0, 0.1) is 17.8 Å². The largest absolute Gasteiger partial charge is 0.478 e. The molecule has 0 atom stereocenters. The normalized spacial score (nSPS) is 22.5. The number of nitrogens with one attached hydrogen (secondary N) is 1. The number of pyridine rings is 1. The molecule has 1 heterocycles. The van der Waals surface area contributed by atoms with Gasteiger partial charge in [0.2, 0.25) is 5.95 Å². The van der Waals surface area contributed by atoms with Gasteiger partial charge in [0.25, 0.3) is 0 Å². The summed E-state index contributed by atoms with van der Waals surface area (Å²) in [6.07, 6.45) is 3.92. The van der Waals surface area contributed by atoms with Gasteiger partial charge in [0.15, 0.2) is 0 Å². The summed E-state index contributed by atoms with van der Waals surface area (Å²) < 4.78 is 13.1. The fraction of sp³-hybridized carbons (Fsp3) is 0.571. The summed E-state index contributed by atoms with van der Waals surface area (Å²) in [7, 11) is 0. The Balaban J connectivity index is 1.94. The SMILES string of the molecule is O=C(O)c1ccc(F)nc1NCC1CCC(CO)CC1. The Bertz CT molecular complexity index is 473. The van der Waals surface area contributed by atoms with Crippen molar-refractivity contribution in [2.45, 2.75) is 25.7 Å². The topological polar surface area (TPSA) is 82.5 Å². The number of anilines is 1. The van der Waals surface area contributed by atoms with E-state index in [-0.39, 0.29) is 18.0 Å². The molecule has 5 nitrogen and oxygen atoms in total. The molecular weight excluding hydrogens is 263 g/mol. The van der Waals surface area contributed by atoms with Gasteiger partial charge < -0.3 is 15.5 Å². The Kier molecular flexibility index (Phi) is 4.89. The third-order valence-electron chi connectivity index (χ3n) is 3.87. The van der Waals surface area contributed by atoms with E-state index >= 15 is 0 Å². The van der Waals surface area contributed by atoms with Crippen molar-refractivity contribution in [3.8, 4) is 0 Å². The van der Waals surface area contributed by atoms with Gasteiger partial charge in [-0.25, -0.2) is 9.78 Å². The van der Waals surface area contributed by atoms with Crippen LogP contribution in [0.2, 0.25) is 0 Å². The molecule has 110 valence electrons. The van der Waals surface area contributed by atoms with Crippen molar-refractivity contribution in [3.05, 3.63) is 23.6 Å². The van der Waals surface area contributed by atoms with E-state index in [1.54, 1.807) is 0 Å². The number of aliphatic hydroxyl groups is 1. The van der Waals surface area contributed by atoms with Gasteiger partial charge in [-0.2, -0.15) is 4.39 Å². The molecule has 1 aliphatic carbocycles. The molecule has 20 heavy (non-hydrogen) atoms. The van der Waals surface area contributed by atoms with Crippen molar-refractivity contribution in [2.75, 3.05) is 18.5 Å². The Morgan fingerprint density at radius 2 is 1.95 bits per heavy atom. The van der Waals surface area contributed by atoms with E-state index in [0.29, 0.717) is 18.4 Å². The average molecular weight is 282 g/mol. The van der Waals surface area contributed by atoms with Gasteiger partial charge in [-0.05, 0) is 49.7 Å². The number of hydrogen-bond acceptors (Lipinski definition) is 4. The Morgan fingerprint density at radius 1 is 1.30 bits per heavy atom. The molecule has 1 fully saturated rings. The molecule has 3 N–H and O–H groups in total. The second-order valence-electron chi connectivity index (χ2n) is 5.29. The van der Waals surface area contributed by atoms with Crippen LogP contribution >= 0.6 is 0 Å². The molecule has 1 aliphatic rings. The third-order valence-corrected chi connectivity index (χ3v) is 3.87. The molecule has 1 aromatic heterocycles. The maximum absolute atomic E-state index is 13.1. The highest BCUT2D eigenvalue weighted by Gasteiger charge is 2.21. The number of nitrogens with zero attached hydrogens (tertiary/aromatic N) is 1. The van der Waals surface area contributed by atoms with E-state index in [2.05, 4.69) is 10.3 Å². The number of hydrogen-bond donors (Lipinski definition) is 3. The number of aromatic carboxylic acids is 1. The number of halogens is 1. The summed E-state index contributed by atoms with van der Waals surface area (Å²) in [5, 5.41) is 21.1. The first-order valence-corrected chi connectivity index (χ1v) is 6.84. The number of carbonyl (C=O) groups is 1. The van der Waals surface area contributed by atoms with Crippen molar-refractivity contribution in [1.82, 2.24) is 4.98 Å². The van der Waals surface area contributed by atoms with Crippen LogP contribution in [0.4, 0.5) is 10.2 Å². The third kappa shape index (κ3) is 3.66. The highest BCUT2D eigenvalue weighted by atomic mass is 19.1. The molecule has 2 rings (SSSR count). The number of aliphatic hydroxyl groups excluding tert-OH is 1. The van der Waals surface area contributed by atoms with Crippen LogP contribution in [-0.4, -0.2) is 34.3 Å². The first-order chi connectivity index (χ1) is 9.60. The summed E-state index contributed by atoms with van der Waals surface area (Å²) in [5.41, 5.74) is -0.0181. The van der Waals surface area contributed by atoms with Crippen LogP contribution in [0.5, 0.6) is 0 Å². The van der Waals surface area contributed by atoms with Crippen molar-refractivity contribution < 1.29 is 19.4 Å². The van der Waals surface area contributed by atoms with Gasteiger partial charge in [0.1, 0.15) is 11.4 Å². The Morgan fingerprint density at radius 3 is 2.55 bits per heavy atom. The van der Waals surface area contributed by atoms with Crippen LogP contribution in [-0.2, 0) is 0 Å². The van der Waals surface area contributed by atoms with Crippen molar-refractivity contribution in [1.29, 1.82) is 0 Å². The van der Waals surface area contributed by atoms with Crippen LogP contribution < -0.4 is 5.32 Å². The number of carboxylic acids is 1. The Hall–Kier alpha value is -1.69. The number of aromatic nitrogens is 1. The van der Waals surface area contributed by atoms with E-state index in [1.807, 2.05) is 0 Å². The van der Waals surface area contributed by atoms with E-state index in [0.717, 1.165) is 31.7 Å². The molecule has 0 aliphatic heterocycles. The maximum Gasteiger partial charge on any atom is 0.339 e. The molecule has 0 radical (unpaired) electrons. The molecular formula is C14H19FN2O3. The lowest BCUT2D eigenvalue weighted by atomic mass is 9.82. The van der Waals surface area contributed by atoms with E-state index in [9.17, 15) is 9.18 Å². The van der Waals surface area contributed by atoms with Crippen LogP contribution in [0.1, 0.15) is 36.0 Å². The van der Waals surface area contributed by atoms with Crippen molar-refractivity contribution >= 4 is 11.8 Å². The predicted molar refractivity (Wildman–Crippen MR) is 72.2 cm³/mol. The molecule has 6 heteroatoms. The standard InChI is InChI=1S/C14H19FN2O3/c15-12-6-5-11(14(19)20)13(17-12)16-7-9-1-3-10(8-18)4-2-9/h5-6,9-10,18H,1-4,7-8H2,(H,16,17)(H,19,20). The lowest BCUT2D eigenvalue weighted by molar-refractivity contribution is 0.0697. The van der Waals surface area contributed by atoms with Gasteiger partial charge in [0.05, 0.1) is 0 Å². The van der Waals surface area contributed by atoms with Crippen LogP contribution in [0.15, 0.2) is 12.1 Å². The van der Waals surface area contributed by atoms with Crippen molar-refractivity contribution in [3.63, 3.8) is 0 Å². The highest BCUT2D eigenvalue weighted by molar-refractivity contribution is 5.92. The van der Waals surface area contributed by atoms with Gasteiger partial charge in [-0.1, -0.05) is 0 Å². The first kappa shape index (κ1) is 14.7. The zero-order valence-corrected chi connectivity index (χ0v) is 11.2. The van der Waals surface area contributed by atoms with Crippen molar-refractivity contribution in [2.24, 2.45) is 11.8 Å². The van der Waals surface area contributed by atoms with Crippen LogP contribution in [0.3, 0.4) is 0 Å². The lowest BCUT2D eigenvalue weighted by Gasteiger charge is -2.27. The minimum Gasteiger partial charge on any atom is -0.478 e. The zero-order valence-electron chi connectivity index (χ0n) is 11.2. The second-order valence-corrected chi connectivity index (χ2v) is 5.29. The summed E-state index contributed by atoms with van der Waals surface area (Å²) in [6, 6.07) is 2.26. The van der Waals surface area contributed by atoms with Gasteiger partial charge in [0, 0.05) is 13.2 Å². The number of rotatable bonds is 5. The quantitative estimate of drug-likeness (QED) is 0.721. The van der Waals surface area contributed by atoms with E-state index < -0.39 is 11.9 Å². The van der Waals surface area contributed by atoms with E-state index in [4.69, 9.17) is 10.2 Å².